The molecule has 25 nitrogen and oxygen atoms in total. The maximum Gasteiger partial charge on any atom is 0.257 e. The maximum atomic E-state index is 14.7. The van der Waals surface area contributed by atoms with Crippen LogP contribution in [0.1, 0.15) is 66.7 Å². The molecule has 0 radical (unpaired) electrons. The number of nitrogens with zero attached hydrogens (tertiary/aromatic N) is 11. The fourth-order valence-corrected chi connectivity index (χ4v) is 12.3. The second kappa shape index (κ2) is 37.9. The second-order valence-electron chi connectivity index (χ2n) is 24.2. The molecule has 14 rings (SSSR count). The number of nitriles is 1. The molecular weight excluding hydrogens is 1410 g/mol. The number of fused-ring (bicyclic) bond motifs is 1. The molecule has 107 heavy (non-hydrogen) atoms. The van der Waals surface area contributed by atoms with Gasteiger partial charge in [-0.15, -0.1) is 0 Å². The van der Waals surface area contributed by atoms with Crippen molar-refractivity contribution in [3.05, 3.63) is 237 Å². The third kappa shape index (κ3) is 20.2. The van der Waals surface area contributed by atoms with E-state index in [1.165, 1.54) is 55.0 Å². The lowest BCUT2D eigenvalue weighted by molar-refractivity contribution is 0.0299. The summed E-state index contributed by atoms with van der Waals surface area (Å²) in [6, 6.07) is 39.7. The van der Waals surface area contributed by atoms with Gasteiger partial charge in [-0.25, -0.2) is 19.3 Å². The highest BCUT2D eigenvalue weighted by Crippen LogP contribution is 2.40. The molecule has 29 heteroatoms. The van der Waals surface area contributed by atoms with Crippen molar-refractivity contribution in [1.82, 2.24) is 49.9 Å². The Labute approximate surface area is 627 Å². The summed E-state index contributed by atoms with van der Waals surface area (Å²) in [5.74, 6) is 2.22. The third-order valence-electron chi connectivity index (χ3n) is 17.3. The molecule has 5 aromatic carbocycles. The Morgan fingerprint density at radius 3 is 1.99 bits per heavy atom. The van der Waals surface area contributed by atoms with E-state index in [0.29, 0.717) is 144 Å². The van der Waals surface area contributed by atoms with Crippen LogP contribution >= 0.6 is 23.2 Å². The lowest BCUT2D eigenvalue weighted by Gasteiger charge is -2.34. The Kier molecular flexibility index (Phi) is 27.0. The molecule has 0 spiro atoms. The number of hydrogen-bond donors (Lipinski definition) is 5. The van der Waals surface area contributed by atoms with Crippen LogP contribution in [0.4, 0.5) is 43.7 Å². The fourth-order valence-electron chi connectivity index (χ4n) is 11.9. The monoisotopic (exact) mass is 1490 g/mol. The minimum Gasteiger partial charge on any atom is -0.495 e. The van der Waals surface area contributed by atoms with Gasteiger partial charge in [0.05, 0.1) is 113 Å². The number of ether oxygens (including phenoxy) is 6. The van der Waals surface area contributed by atoms with Gasteiger partial charge in [-0.05, 0) is 107 Å². The number of aromatic nitrogens is 6. The molecule has 8 heterocycles. The van der Waals surface area contributed by atoms with E-state index >= 15 is 0 Å². The molecule has 1 aliphatic carbocycles. The second-order valence-corrected chi connectivity index (χ2v) is 25.0. The van der Waals surface area contributed by atoms with Crippen LogP contribution in [-0.4, -0.2) is 181 Å². The molecule has 2 amide bonds. The van der Waals surface area contributed by atoms with Crippen LogP contribution in [0.25, 0.3) is 16.7 Å². The van der Waals surface area contributed by atoms with Crippen LogP contribution in [-0.2, 0) is 27.2 Å². The van der Waals surface area contributed by atoms with E-state index < -0.39 is 17.7 Å². The number of anilines is 6. The molecule has 1 unspecified atom stereocenters. The van der Waals surface area contributed by atoms with Crippen LogP contribution in [0.3, 0.4) is 0 Å². The molecule has 0 saturated carbocycles. The van der Waals surface area contributed by atoms with Gasteiger partial charge in [0.15, 0.2) is 5.78 Å². The number of rotatable bonds is 20. The van der Waals surface area contributed by atoms with Crippen LogP contribution in [0.15, 0.2) is 181 Å². The number of carbonyl (C=O) groups excluding carboxylic acids is 3. The largest absolute Gasteiger partial charge is 0.495 e. The molecule has 3 fully saturated rings. The van der Waals surface area contributed by atoms with Gasteiger partial charge in [0.25, 0.3) is 11.8 Å². The normalized spacial score (nSPS) is 15.0. The number of benzene rings is 5. The van der Waals surface area contributed by atoms with Crippen molar-refractivity contribution < 1.29 is 51.6 Å². The van der Waals surface area contributed by atoms with E-state index in [0.717, 1.165) is 60.8 Å². The zero-order valence-corrected chi connectivity index (χ0v) is 60.7. The minimum absolute atomic E-state index is 0.0432. The molecule has 4 aromatic heterocycles. The first kappa shape index (κ1) is 76.5. The Hall–Kier alpha value is -11.7. The van der Waals surface area contributed by atoms with Gasteiger partial charge >= 0.3 is 0 Å². The number of pyridine rings is 2. The Balaban J connectivity index is 0.000000143. The number of ketones is 1. The van der Waals surface area contributed by atoms with Crippen molar-refractivity contribution in [2.45, 2.75) is 32.4 Å². The van der Waals surface area contributed by atoms with Gasteiger partial charge in [0, 0.05) is 101 Å². The first-order valence-electron chi connectivity index (χ1n) is 34.4. The molecule has 3 saturated heterocycles. The van der Waals surface area contributed by atoms with Crippen molar-refractivity contribution in [3.63, 3.8) is 0 Å². The van der Waals surface area contributed by atoms with E-state index in [9.17, 15) is 23.2 Å². The summed E-state index contributed by atoms with van der Waals surface area (Å²) < 4.78 is 61.0. The van der Waals surface area contributed by atoms with Crippen LogP contribution in [0.5, 0.6) is 17.2 Å². The van der Waals surface area contributed by atoms with Crippen LogP contribution in [0.2, 0.25) is 10.0 Å². The summed E-state index contributed by atoms with van der Waals surface area (Å²) >= 11 is 12.0. The highest BCUT2D eigenvalue weighted by molar-refractivity contribution is 6.33. The van der Waals surface area contributed by atoms with Gasteiger partial charge < -0.3 is 69.7 Å². The number of halogens is 4. The Morgan fingerprint density at radius 1 is 0.654 bits per heavy atom. The summed E-state index contributed by atoms with van der Waals surface area (Å²) in [6.45, 7) is 10.2. The number of nitrogens with one attached hydrogen (secondary N) is 5. The number of hydrogen-bond acceptors (Lipinski definition) is 23. The van der Waals surface area contributed by atoms with Crippen molar-refractivity contribution in [2.75, 3.05) is 128 Å². The van der Waals surface area contributed by atoms with Crippen molar-refractivity contribution >= 4 is 87.6 Å². The number of methoxy groups -OCH3 is 2. The summed E-state index contributed by atoms with van der Waals surface area (Å²) in [5, 5.41) is 25.2. The molecule has 0 bridgehead atoms. The molecule has 5 N–H and O–H groups in total. The fraction of sp³-hybridized carbons (Fsp3) is 0.269. The van der Waals surface area contributed by atoms with Crippen LogP contribution in [0, 0.1) is 23.1 Å². The van der Waals surface area contributed by atoms with Gasteiger partial charge in [0.1, 0.15) is 57.2 Å². The summed E-state index contributed by atoms with van der Waals surface area (Å²) in [5.41, 5.74) is 9.28. The van der Waals surface area contributed by atoms with E-state index in [2.05, 4.69) is 84.6 Å². The smallest absolute Gasteiger partial charge is 0.257 e. The number of amides is 2. The van der Waals surface area contributed by atoms with Crippen LogP contribution < -0.4 is 40.8 Å². The van der Waals surface area contributed by atoms with E-state index in [-0.39, 0.29) is 35.7 Å². The quantitative estimate of drug-likeness (QED) is 0.0350. The maximum absolute atomic E-state index is 14.7. The van der Waals surface area contributed by atoms with Crippen molar-refractivity contribution in [1.29, 1.82) is 5.26 Å². The van der Waals surface area contributed by atoms with Crippen molar-refractivity contribution in [2.24, 2.45) is 4.99 Å². The Morgan fingerprint density at radius 2 is 1.32 bits per heavy atom. The van der Waals surface area contributed by atoms with E-state index in [1.54, 1.807) is 85.2 Å². The molecule has 9 aromatic rings. The summed E-state index contributed by atoms with van der Waals surface area (Å²) in [7, 11) is 4.71. The minimum atomic E-state index is -0.666. The average Bonchev–Trinajstić information content (AvgIpc) is 1.66. The third-order valence-corrected chi connectivity index (χ3v) is 17.9. The first-order chi connectivity index (χ1) is 52.2. The zero-order valence-electron chi connectivity index (χ0n) is 59.2. The van der Waals surface area contributed by atoms with Gasteiger partial charge in [-0.3, -0.25) is 24.4 Å². The lowest BCUT2D eigenvalue weighted by atomic mass is 9.96. The highest BCUT2D eigenvalue weighted by atomic mass is 35.5. The number of morpholine rings is 3. The lowest BCUT2D eigenvalue weighted by Crippen LogP contribution is -2.42. The number of carbonyl (C=O) groups is 3. The zero-order chi connectivity index (χ0) is 75.0. The molecule has 4 aliphatic heterocycles. The predicted octanol–water partition coefficient (Wildman–Crippen LogP) is 12.5. The predicted molar refractivity (Wildman–Crippen MR) is 405 cm³/mol. The summed E-state index contributed by atoms with van der Waals surface area (Å²) in [6.07, 6.45) is 12.8. The highest BCUT2D eigenvalue weighted by Gasteiger charge is 2.33. The van der Waals surface area contributed by atoms with E-state index in [4.69, 9.17) is 56.9 Å². The summed E-state index contributed by atoms with van der Waals surface area (Å²) in [4.78, 5) is 73.0. The Bertz CT molecular complexity index is 4730. The number of Topliss-reactive ketones (excluding diaryl/α,β-unsaturated/α-hetero) is 1. The standard InChI is InChI=1S/C25H19FN2O2.C18H21ClFN5O3.C18H18N4O.C17H20ClN5O3/c26-25-15-21(10-12-28-25)20-8-9-24(30-17-18-5-2-1-3-6-18)22(14-20)23(29)13-19-7-4-11-27-16-19;1-3-21-16-12(19)10-22-18(24-16)23-14-9-13(20)11(8-15(14)27-2)17(26)25-4-6-28-7-5-25;19-11-13-2-1-3-14(10-13)15-4-5-16-17(15)18(21-12-20-16)22-6-8-23-9-7-22;1-19-15-12(18)10-20-17(22-15)21-13-4-3-11(9-14(13)25-2)16(24)23-5-7-26-8-6-23/h1-12,14-16H,13,17H2;8-10H,3-7H2,1-2H3,(H2,21,22,23,24);1-4,10,12,16H,5-9H2,(H,20,21);3-4,9-10H,5-8H2,1-2H3,(H2,19,20,21,22). The van der Waals surface area contributed by atoms with Crippen molar-refractivity contribution in [3.8, 4) is 34.4 Å². The average molecular weight is 1490 g/mol. The van der Waals surface area contributed by atoms with E-state index in [1.807, 2.05) is 67.6 Å². The van der Waals surface area contributed by atoms with Gasteiger partial charge in [-0.2, -0.15) is 19.6 Å². The molecular formula is C78H78Cl2F2N16O9. The SMILES string of the molecule is CCNc1nc(Nc2cc(F)c(C(=O)N3CCOCC3)cc2OC)ncc1Cl.CNc1nc(Nc2ccc(C(=O)N3CCOCC3)cc2OC)ncc1Cl.N#Cc1cccc(C2=CCC3N=CNC(N4CCOCC4)=C23)c1.O=C(Cc1cccnc1)c1cc(-c2ccnc(F)c2)ccc1OCc1ccccc1. The van der Waals surface area contributed by atoms with Gasteiger partial charge in [-0.1, -0.05) is 83.9 Å². The van der Waals surface area contributed by atoms with Gasteiger partial charge in [0.2, 0.25) is 17.8 Å². The number of aliphatic imine (C=N–C) groups is 1. The topological polar surface area (TPSA) is 290 Å². The molecule has 552 valence electrons. The first-order valence-corrected chi connectivity index (χ1v) is 35.2. The molecule has 1 atom stereocenters. The molecule has 5 aliphatic rings.